The molecule has 6 heteroatoms. The molecule has 3 N–H and O–H groups in total. The number of amides is 1. The van der Waals surface area contributed by atoms with Crippen molar-refractivity contribution < 1.29 is 4.79 Å². The molecule has 2 rings (SSSR count). The van der Waals surface area contributed by atoms with Crippen LogP contribution in [-0.2, 0) is 6.54 Å². The van der Waals surface area contributed by atoms with Crippen LogP contribution in [0.5, 0.6) is 0 Å². The zero-order chi connectivity index (χ0) is 15.4. The zero-order valence-corrected chi connectivity index (χ0v) is 12.7. The van der Waals surface area contributed by atoms with Gasteiger partial charge in [0.15, 0.2) is 5.69 Å². The quantitative estimate of drug-likeness (QED) is 0.910. The molecule has 0 aliphatic carbocycles. The van der Waals surface area contributed by atoms with E-state index in [1.807, 2.05) is 26.0 Å². The Morgan fingerprint density at radius 3 is 2.62 bits per heavy atom. The number of nitrogens with zero attached hydrogens (tertiary/aromatic N) is 2. The average Bonchev–Trinajstić information content (AvgIpc) is 2.46. The van der Waals surface area contributed by atoms with Gasteiger partial charge in [0.05, 0.1) is 11.9 Å². The predicted octanol–water partition coefficient (Wildman–Crippen LogP) is 2.77. The van der Waals surface area contributed by atoms with Crippen molar-refractivity contribution >= 4 is 23.2 Å². The highest BCUT2D eigenvalue weighted by Crippen LogP contribution is 2.14. The van der Waals surface area contributed by atoms with Crippen molar-refractivity contribution in [2.24, 2.45) is 0 Å². The molecule has 0 aliphatic rings. The van der Waals surface area contributed by atoms with Crippen molar-refractivity contribution in [3.8, 4) is 0 Å². The van der Waals surface area contributed by atoms with E-state index in [1.54, 1.807) is 12.1 Å². The first-order valence-corrected chi connectivity index (χ1v) is 7.00. The first-order valence-electron chi connectivity index (χ1n) is 6.62. The topological polar surface area (TPSA) is 80.9 Å². The zero-order valence-electron chi connectivity index (χ0n) is 11.9. The van der Waals surface area contributed by atoms with Crippen molar-refractivity contribution in [3.63, 3.8) is 0 Å². The largest absolute Gasteiger partial charge is 0.396 e. The first kappa shape index (κ1) is 15.3. The molecule has 21 heavy (non-hydrogen) atoms. The van der Waals surface area contributed by atoms with Crippen LogP contribution in [-0.4, -0.2) is 15.9 Å². The van der Waals surface area contributed by atoms with Gasteiger partial charge in [0.25, 0.3) is 5.91 Å². The second-order valence-electron chi connectivity index (χ2n) is 5.00. The fourth-order valence-corrected chi connectivity index (χ4v) is 1.86. The molecule has 0 radical (unpaired) electrons. The van der Waals surface area contributed by atoms with E-state index in [0.29, 0.717) is 17.4 Å². The minimum atomic E-state index is -0.313. The molecule has 0 spiro atoms. The number of nitrogens with two attached hydrogens (primary N) is 1. The number of nitrogen functional groups attached to an aromatic ring is 1. The highest BCUT2D eigenvalue weighted by atomic mass is 35.5. The number of hydrogen-bond acceptors (Lipinski definition) is 4. The molecule has 0 unspecified atom stereocenters. The SMILES string of the molecule is CC(C)c1ncc(N)c(C(=O)NCc2ccc(Cl)cc2)n1. The van der Waals surface area contributed by atoms with Gasteiger partial charge in [-0.2, -0.15) is 0 Å². The lowest BCUT2D eigenvalue weighted by Crippen LogP contribution is -2.25. The van der Waals surface area contributed by atoms with E-state index in [9.17, 15) is 4.79 Å². The maximum atomic E-state index is 12.2. The van der Waals surface area contributed by atoms with Gasteiger partial charge in [0, 0.05) is 17.5 Å². The molecule has 0 fully saturated rings. The molecule has 1 aromatic carbocycles. The minimum Gasteiger partial charge on any atom is -0.396 e. The molecule has 2 aromatic rings. The molecule has 1 heterocycles. The first-order chi connectivity index (χ1) is 9.97. The number of nitrogens with one attached hydrogen (secondary N) is 1. The molecular weight excluding hydrogens is 288 g/mol. The Bertz CT molecular complexity index is 641. The van der Waals surface area contributed by atoms with Crippen LogP contribution < -0.4 is 11.1 Å². The van der Waals surface area contributed by atoms with Gasteiger partial charge in [-0.15, -0.1) is 0 Å². The van der Waals surface area contributed by atoms with E-state index in [0.717, 1.165) is 5.56 Å². The van der Waals surface area contributed by atoms with Crippen molar-refractivity contribution in [2.75, 3.05) is 5.73 Å². The molecule has 0 saturated carbocycles. The number of anilines is 1. The van der Waals surface area contributed by atoms with Crippen molar-refractivity contribution in [2.45, 2.75) is 26.3 Å². The highest BCUT2D eigenvalue weighted by molar-refractivity contribution is 6.30. The van der Waals surface area contributed by atoms with Crippen LogP contribution in [0, 0.1) is 0 Å². The van der Waals surface area contributed by atoms with Gasteiger partial charge in [-0.1, -0.05) is 37.6 Å². The van der Waals surface area contributed by atoms with Crippen LogP contribution in [0.4, 0.5) is 5.69 Å². The summed E-state index contributed by atoms with van der Waals surface area (Å²) in [5.74, 6) is 0.418. The summed E-state index contributed by atoms with van der Waals surface area (Å²) in [6, 6.07) is 7.26. The number of benzene rings is 1. The van der Waals surface area contributed by atoms with Crippen LogP contribution in [0.15, 0.2) is 30.5 Å². The lowest BCUT2D eigenvalue weighted by atomic mass is 10.2. The lowest BCUT2D eigenvalue weighted by molar-refractivity contribution is 0.0946. The summed E-state index contributed by atoms with van der Waals surface area (Å²) in [7, 11) is 0. The number of carbonyl (C=O) groups excluding carboxylic acids is 1. The molecule has 0 saturated heterocycles. The summed E-state index contributed by atoms with van der Waals surface area (Å²) in [5, 5.41) is 3.45. The fraction of sp³-hybridized carbons (Fsp3) is 0.267. The van der Waals surface area contributed by atoms with Gasteiger partial charge in [0.2, 0.25) is 0 Å². The summed E-state index contributed by atoms with van der Waals surface area (Å²) in [6.07, 6.45) is 1.47. The van der Waals surface area contributed by atoms with Crippen molar-refractivity contribution in [3.05, 3.63) is 52.6 Å². The standard InChI is InChI=1S/C15H17ClN4O/c1-9(2)14-18-8-12(17)13(20-14)15(21)19-7-10-3-5-11(16)6-4-10/h3-6,8-9H,7,17H2,1-2H3,(H,19,21). The third-order valence-electron chi connectivity index (χ3n) is 2.93. The van der Waals surface area contributed by atoms with E-state index >= 15 is 0 Å². The van der Waals surface area contributed by atoms with Gasteiger partial charge in [-0.25, -0.2) is 9.97 Å². The second-order valence-corrected chi connectivity index (χ2v) is 5.43. The molecule has 0 bridgehead atoms. The number of halogens is 1. The Kier molecular flexibility index (Phi) is 4.75. The minimum absolute atomic E-state index is 0.133. The van der Waals surface area contributed by atoms with Crippen LogP contribution in [0.3, 0.4) is 0 Å². The van der Waals surface area contributed by atoms with Crippen LogP contribution >= 0.6 is 11.6 Å². The molecule has 110 valence electrons. The maximum absolute atomic E-state index is 12.2. The highest BCUT2D eigenvalue weighted by Gasteiger charge is 2.14. The number of hydrogen-bond donors (Lipinski definition) is 2. The van der Waals surface area contributed by atoms with Gasteiger partial charge in [-0.3, -0.25) is 4.79 Å². The van der Waals surface area contributed by atoms with Crippen LogP contribution in [0.25, 0.3) is 0 Å². The van der Waals surface area contributed by atoms with Crippen molar-refractivity contribution in [1.29, 1.82) is 0 Å². The van der Waals surface area contributed by atoms with E-state index < -0.39 is 0 Å². The van der Waals surface area contributed by atoms with Crippen LogP contribution in [0.1, 0.15) is 41.6 Å². The third kappa shape index (κ3) is 3.92. The average molecular weight is 305 g/mol. The summed E-state index contributed by atoms with van der Waals surface area (Å²) in [6.45, 7) is 4.30. The Morgan fingerprint density at radius 1 is 1.33 bits per heavy atom. The van der Waals surface area contributed by atoms with Crippen molar-refractivity contribution in [1.82, 2.24) is 15.3 Å². The molecule has 1 amide bonds. The summed E-state index contributed by atoms with van der Waals surface area (Å²) in [4.78, 5) is 20.5. The second kappa shape index (κ2) is 6.54. The number of carbonyl (C=O) groups is 1. The Labute approximate surface area is 128 Å². The van der Waals surface area contributed by atoms with E-state index in [-0.39, 0.29) is 23.2 Å². The van der Waals surface area contributed by atoms with Crippen LogP contribution in [0.2, 0.25) is 5.02 Å². The smallest absolute Gasteiger partial charge is 0.272 e. The summed E-state index contributed by atoms with van der Waals surface area (Å²) in [5.41, 5.74) is 7.21. The van der Waals surface area contributed by atoms with E-state index in [2.05, 4.69) is 15.3 Å². The molecule has 5 nitrogen and oxygen atoms in total. The van der Waals surface area contributed by atoms with E-state index in [1.165, 1.54) is 6.20 Å². The van der Waals surface area contributed by atoms with Gasteiger partial charge in [0.1, 0.15) is 5.82 Å². The Balaban J connectivity index is 2.09. The van der Waals surface area contributed by atoms with Gasteiger partial charge < -0.3 is 11.1 Å². The summed E-state index contributed by atoms with van der Waals surface area (Å²) < 4.78 is 0. The lowest BCUT2D eigenvalue weighted by Gasteiger charge is -2.09. The predicted molar refractivity (Wildman–Crippen MR) is 83.2 cm³/mol. The molecular formula is C15H17ClN4O. The monoisotopic (exact) mass is 304 g/mol. The van der Waals surface area contributed by atoms with Gasteiger partial charge in [-0.05, 0) is 17.7 Å². The molecule has 1 aromatic heterocycles. The maximum Gasteiger partial charge on any atom is 0.272 e. The Morgan fingerprint density at radius 2 is 2.00 bits per heavy atom. The summed E-state index contributed by atoms with van der Waals surface area (Å²) >= 11 is 5.82. The Hall–Kier alpha value is -2.14. The fourth-order valence-electron chi connectivity index (χ4n) is 1.73. The van der Waals surface area contributed by atoms with Gasteiger partial charge >= 0.3 is 0 Å². The number of rotatable bonds is 4. The molecule has 0 atom stereocenters. The normalized spacial score (nSPS) is 10.7. The van der Waals surface area contributed by atoms with E-state index in [4.69, 9.17) is 17.3 Å². The molecule has 0 aliphatic heterocycles. The number of aromatic nitrogens is 2. The third-order valence-corrected chi connectivity index (χ3v) is 3.19.